The molecule has 2 aliphatic heterocycles. The minimum atomic E-state index is -3.46. The first-order valence-electron chi connectivity index (χ1n) is 11.0. The first-order valence-corrected chi connectivity index (χ1v) is 12.4. The zero-order valence-electron chi connectivity index (χ0n) is 19.0. The Kier molecular flexibility index (Phi) is 7.82. The molecule has 2 aliphatic rings. The topological polar surface area (TPSA) is 88.2 Å². The molecule has 1 aromatic rings. The predicted molar refractivity (Wildman–Crippen MR) is 119 cm³/mol. The van der Waals surface area contributed by atoms with E-state index >= 15 is 0 Å². The van der Waals surface area contributed by atoms with E-state index in [2.05, 4.69) is 19.2 Å². The highest BCUT2D eigenvalue weighted by molar-refractivity contribution is 7.86. The van der Waals surface area contributed by atoms with Gasteiger partial charge in [0.05, 0.1) is 14.2 Å². The van der Waals surface area contributed by atoms with Crippen molar-refractivity contribution in [1.82, 2.24) is 13.9 Å². The van der Waals surface area contributed by atoms with Crippen LogP contribution in [0.1, 0.15) is 38.7 Å². The molecule has 1 aromatic carbocycles. The fourth-order valence-corrected chi connectivity index (χ4v) is 6.52. The Hall–Kier alpha value is -1.84. The fourth-order valence-electron chi connectivity index (χ4n) is 4.63. The minimum absolute atomic E-state index is 0.0462. The zero-order chi connectivity index (χ0) is 22.6. The van der Waals surface area contributed by atoms with Crippen molar-refractivity contribution in [3.05, 3.63) is 23.8 Å². The summed E-state index contributed by atoms with van der Waals surface area (Å²) in [6, 6.07) is 5.48. The highest BCUT2D eigenvalue weighted by atomic mass is 32.2. The molecule has 31 heavy (non-hydrogen) atoms. The number of carbonyl (C=O) groups excluding carboxylic acids is 1. The van der Waals surface area contributed by atoms with Crippen molar-refractivity contribution in [2.45, 2.75) is 39.7 Å². The molecule has 8 nitrogen and oxygen atoms in total. The van der Waals surface area contributed by atoms with Crippen LogP contribution in [0, 0.1) is 17.8 Å². The third-order valence-corrected chi connectivity index (χ3v) is 8.23. The second-order valence-electron chi connectivity index (χ2n) is 8.84. The van der Waals surface area contributed by atoms with E-state index in [1.54, 1.807) is 28.9 Å². The number of hydrogen-bond donors (Lipinski definition) is 1. The molecule has 174 valence electrons. The molecule has 0 unspecified atom stereocenters. The molecule has 0 bridgehead atoms. The summed E-state index contributed by atoms with van der Waals surface area (Å²) >= 11 is 0. The first-order chi connectivity index (χ1) is 14.7. The number of rotatable bonds is 7. The number of methoxy groups -OCH3 is 2. The maximum Gasteiger partial charge on any atom is 0.281 e. The van der Waals surface area contributed by atoms with Crippen LogP contribution in [0.2, 0.25) is 0 Å². The maximum absolute atomic E-state index is 13.1. The molecular formula is C22H35N3O5S. The third-order valence-electron chi connectivity index (χ3n) is 6.26. The van der Waals surface area contributed by atoms with E-state index in [0.29, 0.717) is 68.9 Å². The first kappa shape index (κ1) is 23.8. The molecule has 0 radical (unpaired) electrons. The average Bonchev–Trinajstić information content (AvgIpc) is 2.76. The summed E-state index contributed by atoms with van der Waals surface area (Å²) in [7, 11) is -0.288. The van der Waals surface area contributed by atoms with Crippen molar-refractivity contribution in [3.63, 3.8) is 0 Å². The lowest BCUT2D eigenvalue weighted by Crippen LogP contribution is -2.52. The van der Waals surface area contributed by atoms with Gasteiger partial charge in [-0.3, -0.25) is 4.79 Å². The lowest BCUT2D eigenvalue weighted by Gasteiger charge is -2.39. The van der Waals surface area contributed by atoms with Gasteiger partial charge in [0.15, 0.2) is 0 Å². The van der Waals surface area contributed by atoms with Crippen LogP contribution < -0.4 is 14.8 Å². The van der Waals surface area contributed by atoms with E-state index in [0.717, 1.165) is 12.0 Å². The molecule has 1 amide bonds. The summed E-state index contributed by atoms with van der Waals surface area (Å²) < 4.78 is 39.9. The van der Waals surface area contributed by atoms with Gasteiger partial charge in [-0.25, -0.2) is 0 Å². The molecule has 2 fully saturated rings. The van der Waals surface area contributed by atoms with Crippen molar-refractivity contribution < 1.29 is 22.7 Å². The Labute approximate surface area is 186 Å². The van der Waals surface area contributed by atoms with Crippen LogP contribution in [0.3, 0.4) is 0 Å². The van der Waals surface area contributed by atoms with Crippen LogP contribution in [-0.2, 0) is 21.5 Å². The van der Waals surface area contributed by atoms with Crippen LogP contribution in [0.15, 0.2) is 18.2 Å². The number of nitrogens with one attached hydrogen (secondary N) is 1. The van der Waals surface area contributed by atoms with Gasteiger partial charge in [0.1, 0.15) is 11.5 Å². The lowest BCUT2D eigenvalue weighted by molar-refractivity contribution is -0.126. The molecule has 9 heteroatoms. The number of hydrogen-bond acceptors (Lipinski definition) is 5. The Morgan fingerprint density at radius 1 is 1.06 bits per heavy atom. The highest BCUT2D eigenvalue weighted by Gasteiger charge is 2.37. The van der Waals surface area contributed by atoms with Crippen molar-refractivity contribution in [2.75, 3.05) is 40.4 Å². The molecule has 0 spiro atoms. The van der Waals surface area contributed by atoms with Gasteiger partial charge in [-0.15, -0.1) is 0 Å². The van der Waals surface area contributed by atoms with E-state index in [1.807, 2.05) is 12.1 Å². The molecule has 3 rings (SSSR count). The van der Waals surface area contributed by atoms with Gasteiger partial charge in [0, 0.05) is 50.3 Å². The zero-order valence-corrected chi connectivity index (χ0v) is 19.8. The number of ether oxygens (including phenoxy) is 2. The maximum atomic E-state index is 13.1. The summed E-state index contributed by atoms with van der Waals surface area (Å²) in [5.74, 6) is 1.86. The van der Waals surface area contributed by atoms with Crippen LogP contribution in [-0.4, -0.2) is 63.3 Å². The number of piperidine rings is 2. The SMILES string of the molecule is COc1ccc(CNC(=O)C2CCN(S(=O)(=O)N3C[C@H](C)C[C@H](C)C3)CC2)c(OC)c1. The summed E-state index contributed by atoms with van der Waals surface area (Å²) in [6.45, 7) is 6.48. The number of nitrogens with zero attached hydrogens (tertiary/aromatic N) is 2. The minimum Gasteiger partial charge on any atom is -0.497 e. The normalized spacial score (nSPS) is 24.0. The van der Waals surface area contributed by atoms with Crippen molar-refractivity contribution in [2.24, 2.45) is 17.8 Å². The van der Waals surface area contributed by atoms with Gasteiger partial charge in [0.25, 0.3) is 10.2 Å². The molecule has 0 saturated carbocycles. The van der Waals surface area contributed by atoms with Gasteiger partial charge >= 0.3 is 0 Å². The highest BCUT2D eigenvalue weighted by Crippen LogP contribution is 2.28. The second kappa shape index (κ2) is 10.2. The Morgan fingerprint density at radius 3 is 2.29 bits per heavy atom. The number of carbonyl (C=O) groups is 1. The van der Waals surface area contributed by atoms with Crippen LogP contribution in [0.4, 0.5) is 0 Å². The average molecular weight is 454 g/mol. The van der Waals surface area contributed by atoms with E-state index in [-0.39, 0.29) is 11.8 Å². The fraction of sp³-hybridized carbons (Fsp3) is 0.682. The molecule has 0 aliphatic carbocycles. The van der Waals surface area contributed by atoms with Crippen molar-refractivity contribution in [3.8, 4) is 11.5 Å². The molecule has 2 heterocycles. The van der Waals surface area contributed by atoms with Crippen molar-refractivity contribution in [1.29, 1.82) is 0 Å². The summed E-state index contributed by atoms with van der Waals surface area (Å²) in [5.41, 5.74) is 0.866. The number of amides is 1. The quantitative estimate of drug-likeness (QED) is 0.684. The molecule has 2 saturated heterocycles. The van der Waals surface area contributed by atoms with Crippen molar-refractivity contribution >= 4 is 16.1 Å². The van der Waals surface area contributed by atoms with Gasteiger partial charge in [-0.2, -0.15) is 17.0 Å². The predicted octanol–water partition coefficient (Wildman–Crippen LogP) is 2.25. The smallest absolute Gasteiger partial charge is 0.281 e. The Morgan fingerprint density at radius 2 is 1.71 bits per heavy atom. The van der Waals surface area contributed by atoms with Gasteiger partial charge in [-0.1, -0.05) is 13.8 Å². The summed E-state index contributed by atoms with van der Waals surface area (Å²) in [6.07, 6.45) is 2.13. The molecular weight excluding hydrogens is 418 g/mol. The van der Waals surface area contributed by atoms with Crippen LogP contribution in [0.25, 0.3) is 0 Å². The number of benzene rings is 1. The second-order valence-corrected chi connectivity index (χ2v) is 10.8. The molecule has 2 atom stereocenters. The van der Waals surface area contributed by atoms with Gasteiger partial charge in [0.2, 0.25) is 5.91 Å². The van der Waals surface area contributed by atoms with Crippen LogP contribution in [0.5, 0.6) is 11.5 Å². The largest absolute Gasteiger partial charge is 0.497 e. The van der Waals surface area contributed by atoms with E-state index in [4.69, 9.17) is 9.47 Å². The Balaban J connectivity index is 1.53. The van der Waals surface area contributed by atoms with Crippen LogP contribution >= 0.6 is 0 Å². The van der Waals surface area contributed by atoms with Gasteiger partial charge < -0.3 is 14.8 Å². The van der Waals surface area contributed by atoms with E-state index < -0.39 is 10.2 Å². The standard InChI is InChI=1S/C22H35N3O5S/c1-16-11-17(2)15-25(14-16)31(27,28)24-9-7-18(8-10-24)22(26)23-13-19-5-6-20(29-3)12-21(19)30-4/h5-6,12,16-18H,7-11,13-15H2,1-4H3,(H,23,26)/t16-,17+. The summed E-state index contributed by atoms with van der Waals surface area (Å²) in [5, 5.41) is 2.97. The summed E-state index contributed by atoms with van der Waals surface area (Å²) in [4.78, 5) is 12.7. The third kappa shape index (κ3) is 5.70. The van der Waals surface area contributed by atoms with E-state index in [9.17, 15) is 13.2 Å². The monoisotopic (exact) mass is 453 g/mol. The lowest BCUT2D eigenvalue weighted by atomic mass is 9.94. The molecule has 1 N–H and O–H groups in total. The van der Waals surface area contributed by atoms with E-state index in [1.165, 1.54) is 0 Å². The Bertz CT molecular complexity index is 858. The van der Waals surface area contributed by atoms with Gasteiger partial charge in [-0.05, 0) is 43.2 Å². The molecule has 0 aromatic heterocycles.